The van der Waals surface area contributed by atoms with Crippen LogP contribution in [-0.2, 0) is 19.4 Å². The average Bonchev–Trinajstić information content (AvgIpc) is 3.31. The van der Waals surface area contributed by atoms with Crippen molar-refractivity contribution in [2.75, 3.05) is 92.1 Å². The molecule has 23 heteroatoms. The van der Waals surface area contributed by atoms with Crippen molar-refractivity contribution in [1.29, 1.82) is 0 Å². The number of likely N-dealkylation sites (tertiary alicyclic amines) is 2. The second-order valence-corrected chi connectivity index (χ2v) is 20.1. The highest BCUT2D eigenvalue weighted by atomic mass is 35.5. The first-order valence-corrected chi connectivity index (χ1v) is 24.8. The van der Waals surface area contributed by atoms with Crippen LogP contribution in [0, 0.1) is 11.8 Å². The number of likely N-dealkylation sites (N-methyl/N-ethyl adjacent to an activating group) is 2. The van der Waals surface area contributed by atoms with Gasteiger partial charge in [-0.05, 0) is 94.5 Å². The van der Waals surface area contributed by atoms with E-state index in [0.29, 0.717) is 74.2 Å². The fraction of sp³-hybridized carbons (Fsp3) is 0.404. The van der Waals surface area contributed by atoms with Gasteiger partial charge in [-0.25, -0.2) is 23.4 Å². The van der Waals surface area contributed by atoms with Crippen molar-refractivity contribution >= 4 is 97.7 Å². The highest BCUT2D eigenvalue weighted by Gasteiger charge is 2.23. The lowest BCUT2D eigenvalue weighted by molar-refractivity contribution is -0.131. The summed E-state index contributed by atoms with van der Waals surface area (Å²) in [5.41, 5.74) is 7.73. The molecule has 5 N–H and O–H groups in total. The fourth-order valence-corrected chi connectivity index (χ4v) is 8.60. The van der Waals surface area contributed by atoms with Gasteiger partial charge in [-0.2, -0.15) is 4.98 Å². The number of piperidine rings is 2. The van der Waals surface area contributed by atoms with Crippen molar-refractivity contribution in [3.8, 4) is 22.3 Å². The first-order chi connectivity index (χ1) is 32.4. The Hall–Kier alpha value is -5.25. The van der Waals surface area contributed by atoms with Crippen LogP contribution in [0.1, 0.15) is 25.7 Å². The van der Waals surface area contributed by atoms with Crippen LogP contribution in [0.4, 0.5) is 5.95 Å². The van der Waals surface area contributed by atoms with Gasteiger partial charge in [0.1, 0.15) is 11.3 Å². The number of benzene rings is 2. The zero-order valence-electron chi connectivity index (χ0n) is 39.7. The molecule has 0 unspecified atom stereocenters. The van der Waals surface area contributed by atoms with E-state index in [1.165, 1.54) is 6.20 Å². The lowest BCUT2D eigenvalue weighted by Crippen LogP contribution is -2.42. The lowest BCUT2D eigenvalue weighted by Gasteiger charge is -2.32. The van der Waals surface area contributed by atoms with Gasteiger partial charge < -0.3 is 30.8 Å². The molecule has 8 rings (SSSR count). The molecule has 0 aliphatic carbocycles. The Balaban J connectivity index is 0.000000244. The number of carbonyl (C=O) groups is 2. The standard InChI is InChI=1S/C23H27ClN6O2.C14H10ClN3O3S.C10H21N3O.2ClH/c1-29(2)20(31)14-30-9-7-15(8-10-30)12-25-23-26-13-16-11-18(22(32)27-21(16)28-23)17-5-3-4-6-19(17)24;1-22(20,21)14-16-7-8-6-10(13(19)17-12(8)18-14)9-4-2-3-5-11(9)15;1-12(2)10(14)8-13-5-3-9(7-11)4-6-13;;/h3-6,11,13,15H,7-10,12,14H2,1-2H3,(H2,25,26,27,28,32);2-7H,1H3,(H,16,17,18,19);9H,3-8,11H2,1-2H3;2*1H. The molecule has 2 amide bonds. The van der Waals surface area contributed by atoms with Crippen LogP contribution >= 0.6 is 48.0 Å². The maximum Gasteiger partial charge on any atom is 0.257 e. The van der Waals surface area contributed by atoms with Gasteiger partial charge in [-0.1, -0.05) is 59.6 Å². The molecule has 4 aromatic heterocycles. The van der Waals surface area contributed by atoms with Gasteiger partial charge in [0.25, 0.3) is 11.1 Å². The molecule has 0 bridgehead atoms. The van der Waals surface area contributed by atoms with Crippen molar-refractivity contribution in [1.82, 2.24) is 49.5 Å². The Kier molecular flexibility index (Phi) is 21.5. The zero-order chi connectivity index (χ0) is 49.1. The molecule has 0 radical (unpaired) electrons. The van der Waals surface area contributed by atoms with Gasteiger partial charge >= 0.3 is 0 Å². The van der Waals surface area contributed by atoms with Crippen molar-refractivity contribution in [2.45, 2.75) is 30.8 Å². The third-order valence-corrected chi connectivity index (χ3v) is 13.4. The summed E-state index contributed by atoms with van der Waals surface area (Å²) in [6, 6.07) is 17.6. The van der Waals surface area contributed by atoms with Gasteiger partial charge in [0.15, 0.2) is 0 Å². The summed E-state index contributed by atoms with van der Waals surface area (Å²) in [6.45, 7) is 6.42. The van der Waals surface area contributed by atoms with Gasteiger partial charge in [-0.3, -0.25) is 29.0 Å². The van der Waals surface area contributed by atoms with Crippen LogP contribution in [0.5, 0.6) is 0 Å². The molecule has 0 saturated carbocycles. The molecule has 18 nitrogen and oxygen atoms in total. The number of carbonyl (C=O) groups excluding carboxylic acids is 2. The number of hydrogen-bond donors (Lipinski definition) is 4. The van der Waals surface area contributed by atoms with E-state index in [-0.39, 0.29) is 53.0 Å². The van der Waals surface area contributed by atoms with E-state index in [9.17, 15) is 27.6 Å². The SMILES string of the molecule is CN(C)C(=O)CN1CCC(CN)CC1.CN(C)C(=O)CN1CCC(CNc2ncc3cc(-c4ccccc4Cl)c(=O)[nH]c3n2)CC1.CS(=O)(=O)c1ncc2cc(-c3ccccc3Cl)c(=O)[nH]c2n1.Cl.Cl. The van der Waals surface area contributed by atoms with Crippen molar-refractivity contribution < 1.29 is 18.0 Å². The van der Waals surface area contributed by atoms with Crippen LogP contribution < -0.4 is 22.2 Å². The maximum atomic E-state index is 12.6. The fourth-order valence-electron chi connectivity index (χ4n) is 7.62. The normalized spacial score (nSPS) is 14.5. The molecule has 6 aromatic rings. The number of halogens is 4. The topological polar surface area (TPSA) is 237 Å². The summed E-state index contributed by atoms with van der Waals surface area (Å²) >= 11 is 12.4. The van der Waals surface area contributed by atoms with Gasteiger partial charge in [0, 0.05) is 96.5 Å². The number of H-pyrrole nitrogens is 2. The maximum absolute atomic E-state index is 12.6. The van der Waals surface area contributed by atoms with E-state index in [4.69, 9.17) is 28.9 Å². The first-order valence-electron chi connectivity index (χ1n) is 22.2. The quantitative estimate of drug-likeness (QED) is 0.118. The van der Waals surface area contributed by atoms with E-state index in [1.807, 2.05) is 18.2 Å². The second-order valence-electron chi connectivity index (χ2n) is 17.3. The van der Waals surface area contributed by atoms with E-state index < -0.39 is 15.4 Å². The summed E-state index contributed by atoms with van der Waals surface area (Å²) in [7, 11) is 3.63. The Bertz CT molecular complexity index is 2960. The Morgan fingerprint density at radius 3 is 1.56 bits per heavy atom. The third-order valence-electron chi connectivity index (χ3n) is 11.8. The molecule has 2 fully saturated rings. The van der Waals surface area contributed by atoms with Gasteiger partial charge in [-0.15, -0.1) is 24.8 Å². The average molecular weight is 1060 g/mol. The summed E-state index contributed by atoms with van der Waals surface area (Å²) in [5.74, 6) is 1.97. The molecule has 2 saturated heterocycles. The van der Waals surface area contributed by atoms with E-state index in [0.717, 1.165) is 76.6 Å². The van der Waals surface area contributed by atoms with Crippen molar-refractivity contribution in [3.05, 3.63) is 104 Å². The monoisotopic (exact) mass is 1060 g/mol. The number of rotatable bonds is 11. The number of aromatic amines is 2. The predicted octanol–water partition coefficient (Wildman–Crippen LogP) is 5.48. The minimum Gasteiger partial charge on any atom is -0.354 e. The van der Waals surface area contributed by atoms with Crippen molar-refractivity contribution in [2.24, 2.45) is 17.6 Å². The van der Waals surface area contributed by atoms with Crippen LogP contribution in [0.25, 0.3) is 44.3 Å². The minimum atomic E-state index is -3.54. The predicted molar refractivity (Wildman–Crippen MR) is 282 cm³/mol. The summed E-state index contributed by atoms with van der Waals surface area (Å²) in [5, 5.41) is 5.19. The number of nitrogens with two attached hydrogens (primary N) is 1. The lowest BCUT2D eigenvalue weighted by atomic mass is 9.97. The number of amides is 2. The molecule has 378 valence electrons. The van der Waals surface area contributed by atoms with Gasteiger partial charge in [0.2, 0.25) is 32.8 Å². The second kappa shape index (κ2) is 26.3. The summed E-state index contributed by atoms with van der Waals surface area (Å²) in [6.07, 6.45) is 8.36. The van der Waals surface area contributed by atoms with E-state index >= 15 is 0 Å². The van der Waals surface area contributed by atoms with E-state index in [2.05, 4.69) is 45.0 Å². The number of hydrogen-bond acceptors (Lipinski definition) is 14. The number of sulfone groups is 1. The Morgan fingerprint density at radius 1 is 0.700 bits per heavy atom. The Labute approximate surface area is 429 Å². The smallest absolute Gasteiger partial charge is 0.257 e. The number of anilines is 1. The molecule has 2 aromatic carbocycles. The minimum absolute atomic E-state index is 0. The summed E-state index contributed by atoms with van der Waals surface area (Å²) in [4.78, 5) is 77.8. The molecule has 2 aliphatic heterocycles. The molecule has 0 spiro atoms. The highest BCUT2D eigenvalue weighted by Crippen LogP contribution is 2.28. The molecular weight excluding hydrogens is 1000 g/mol. The number of nitrogens with zero attached hydrogens (tertiary/aromatic N) is 8. The van der Waals surface area contributed by atoms with Gasteiger partial charge in [0.05, 0.1) is 13.1 Å². The molecule has 0 atom stereocenters. The number of aromatic nitrogens is 6. The number of fused-ring (bicyclic) bond motifs is 2. The number of nitrogens with one attached hydrogen (secondary N) is 3. The largest absolute Gasteiger partial charge is 0.354 e. The molecule has 2 aliphatic rings. The number of pyridine rings is 2. The summed E-state index contributed by atoms with van der Waals surface area (Å²) < 4.78 is 22.9. The Morgan fingerprint density at radius 2 is 1.13 bits per heavy atom. The molecule has 70 heavy (non-hydrogen) atoms. The van der Waals surface area contributed by atoms with Crippen molar-refractivity contribution in [3.63, 3.8) is 0 Å². The third kappa shape index (κ3) is 15.6. The van der Waals surface area contributed by atoms with Crippen LogP contribution in [0.15, 0.2) is 87.8 Å². The van der Waals surface area contributed by atoms with Crippen LogP contribution in [0.2, 0.25) is 10.0 Å². The van der Waals surface area contributed by atoms with E-state index in [1.54, 1.807) is 86.7 Å². The highest BCUT2D eigenvalue weighted by molar-refractivity contribution is 7.90. The zero-order valence-corrected chi connectivity index (χ0v) is 43.6. The first kappa shape index (κ1) is 57.3. The molecule has 6 heterocycles. The van der Waals surface area contributed by atoms with Crippen LogP contribution in [-0.4, -0.2) is 157 Å². The molecular formula is C47H60Cl4N12O6S. The van der Waals surface area contributed by atoms with Crippen LogP contribution in [0.3, 0.4) is 0 Å².